The fourth-order valence-corrected chi connectivity index (χ4v) is 2.43. The summed E-state index contributed by atoms with van der Waals surface area (Å²) < 4.78 is 1.01. The van der Waals surface area contributed by atoms with Gasteiger partial charge in [0.2, 0.25) is 0 Å². The lowest BCUT2D eigenvalue weighted by Crippen LogP contribution is -1.93. The summed E-state index contributed by atoms with van der Waals surface area (Å²) in [5.41, 5.74) is 0.490. The molecule has 0 radical (unpaired) electrons. The molecule has 1 saturated carbocycles. The summed E-state index contributed by atoms with van der Waals surface area (Å²) in [7, 11) is 0. The van der Waals surface area contributed by atoms with Crippen molar-refractivity contribution in [1.82, 2.24) is 4.98 Å². The molecule has 1 aromatic rings. The highest BCUT2D eigenvalue weighted by molar-refractivity contribution is 9.11. The zero-order chi connectivity index (χ0) is 7.19. The maximum absolute atomic E-state index is 4.16. The summed E-state index contributed by atoms with van der Waals surface area (Å²) >= 11 is 5.12. The largest absolute Gasteiger partial charge is 0.237 e. The quantitative estimate of drug-likeness (QED) is 0.706. The Morgan fingerprint density at radius 2 is 2.40 bits per heavy atom. The maximum atomic E-state index is 4.16. The van der Waals surface area contributed by atoms with Crippen molar-refractivity contribution in [2.45, 2.75) is 25.2 Å². The van der Waals surface area contributed by atoms with Crippen molar-refractivity contribution in [3.8, 4) is 0 Å². The minimum atomic E-state index is 0.490. The fourth-order valence-electron chi connectivity index (χ4n) is 0.966. The molecule has 54 valence electrons. The molecule has 0 aromatic carbocycles. The average Bonchev–Trinajstić information content (AvgIpc) is 2.45. The van der Waals surface area contributed by atoms with Gasteiger partial charge in [-0.15, -0.1) is 11.3 Å². The van der Waals surface area contributed by atoms with Gasteiger partial charge >= 0.3 is 0 Å². The molecule has 1 heterocycles. The first kappa shape index (κ1) is 6.80. The molecule has 0 spiro atoms. The lowest BCUT2D eigenvalue weighted by molar-refractivity contribution is 0.806. The van der Waals surface area contributed by atoms with Crippen molar-refractivity contribution in [2.24, 2.45) is 0 Å². The number of rotatable bonds is 1. The molecule has 1 aliphatic carbocycles. The molecular formula is C7H8BrNS. The molecule has 0 N–H and O–H groups in total. The Balaban J connectivity index is 2.34. The van der Waals surface area contributed by atoms with E-state index in [2.05, 4.69) is 27.8 Å². The SMILES string of the molecule is CC1(c2cnc(Br)s2)CC1. The Labute approximate surface area is 72.6 Å². The number of hydrogen-bond acceptors (Lipinski definition) is 2. The minimum Gasteiger partial charge on any atom is -0.237 e. The van der Waals surface area contributed by atoms with Gasteiger partial charge in [0, 0.05) is 16.5 Å². The Bertz CT molecular complexity index is 252. The molecule has 0 saturated heterocycles. The highest BCUT2D eigenvalue weighted by Gasteiger charge is 2.40. The van der Waals surface area contributed by atoms with Gasteiger partial charge in [-0.05, 0) is 28.8 Å². The van der Waals surface area contributed by atoms with Crippen LogP contribution >= 0.6 is 27.3 Å². The molecule has 1 fully saturated rings. The van der Waals surface area contributed by atoms with Gasteiger partial charge in [0.25, 0.3) is 0 Å². The van der Waals surface area contributed by atoms with Gasteiger partial charge in [0.15, 0.2) is 3.92 Å². The molecule has 1 nitrogen and oxygen atoms in total. The molecule has 0 aliphatic heterocycles. The van der Waals surface area contributed by atoms with Crippen molar-refractivity contribution < 1.29 is 0 Å². The van der Waals surface area contributed by atoms with Crippen LogP contribution in [0, 0.1) is 0 Å². The molecular weight excluding hydrogens is 210 g/mol. The van der Waals surface area contributed by atoms with Crippen LogP contribution in [0.5, 0.6) is 0 Å². The third-order valence-electron chi connectivity index (χ3n) is 2.07. The molecule has 0 bridgehead atoms. The van der Waals surface area contributed by atoms with Crippen LogP contribution in [0.15, 0.2) is 10.1 Å². The van der Waals surface area contributed by atoms with E-state index in [1.165, 1.54) is 17.7 Å². The zero-order valence-electron chi connectivity index (χ0n) is 5.72. The van der Waals surface area contributed by atoms with Crippen LogP contribution in [-0.2, 0) is 5.41 Å². The summed E-state index contributed by atoms with van der Waals surface area (Å²) in [6.07, 6.45) is 4.66. The summed E-state index contributed by atoms with van der Waals surface area (Å²) in [6, 6.07) is 0. The molecule has 0 amide bonds. The molecule has 2 rings (SSSR count). The number of aromatic nitrogens is 1. The predicted octanol–water partition coefficient (Wildman–Crippen LogP) is 2.96. The van der Waals surface area contributed by atoms with Crippen molar-refractivity contribution in [3.05, 3.63) is 15.0 Å². The summed E-state index contributed by atoms with van der Waals surface area (Å²) in [6.45, 7) is 2.30. The first-order chi connectivity index (χ1) is 4.71. The number of nitrogens with zero attached hydrogens (tertiary/aromatic N) is 1. The summed E-state index contributed by atoms with van der Waals surface area (Å²) in [4.78, 5) is 5.59. The molecule has 0 atom stereocenters. The van der Waals surface area contributed by atoms with Crippen molar-refractivity contribution >= 4 is 27.3 Å². The Morgan fingerprint density at radius 1 is 1.70 bits per heavy atom. The van der Waals surface area contributed by atoms with E-state index in [1.54, 1.807) is 11.3 Å². The number of hydrogen-bond donors (Lipinski definition) is 0. The second kappa shape index (κ2) is 2.05. The molecule has 10 heavy (non-hydrogen) atoms. The second-order valence-electron chi connectivity index (χ2n) is 3.04. The molecule has 0 unspecified atom stereocenters. The van der Waals surface area contributed by atoms with Gasteiger partial charge in [-0.1, -0.05) is 6.92 Å². The van der Waals surface area contributed by atoms with Gasteiger partial charge < -0.3 is 0 Å². The van der Waals surface area contributed by atoms with Crippen LogP contribution in [0.1, 0.15) is 24.6 Å². The smallest absolute Gasteiger partial charge is 0.159 e. The highest BCUT2D eigenvalue weighted by atomic mass is 79.9. The van der Waals surface area contributed by atoms with Crippen LogP contribution in [-0.4, -0.2) is 4.98 Å². The number of halogens is 1. The average molecular weight is 218 g/mol. The van der Waals surface area contributed by atoms with E-state index in [1.807, 2.05) is 6.20 Å². The summed E-state index contributed by atoms with van der Waals surface area (Å²) in [5, 5.41) is 0. The van der Waals surface area contributed by atoms with E-state index in [0.29, 0.717) is 5.41 Å². The van der Waals surface area contributed by atoms with E-state index < -0.39 is 0 Å². The third-order valence-corrected chi connectivity index (χ3v) is 3.85. The van der Waals surface area contributed by atoms with E-state index >= 15 is 0 Å². The van der Waals surface area contributed by atoms with Gasteiger partial charge in [0.1, 0.15) is 0 Å². The van der Waals surface area contributed by atoms with E-state index in [4.69, 9.17) is 0 Å². The Hall–Kier alpha value is 0.110. The van der Waals surface area contributed by atoms with Crippen molar-refractivity contribution in [2.75, 3.05) is 0 Å². The van der Waals surface area contributed by atoms with Crippen LogP contribution in [0.3, 0.4) is 0 Å². The zero-order valence-corrected chi connectivity index (χ0v) is 8.13. The van der Waals surface area contributed by atoms with Crippen LogP contribution < -0.4 is 0 Å². The monoisotopic (exact) mass is 217 g/mol. The predicted molar refractivity (Wildman–Crippen MR) is 46.4 cm³/mol. The van der Waals surface area contributed by atoms with Crippen molar-refractivity contribution in [3.63, 3.8) is 0 Å². The van der Waals surface area contributed by atoms with Crippen LogP contribution in [0.25, 0.3) is 0 Å². The molecule has 3 heteroatoms. The first-order valence-corrected chi connectivity index (χ1v) is 4.93. The van der Waals surface area contributed by atoms with Gasteiger partial charge in [-0.3, -0.25) is 0 Å². The molecule has 1 aliphatic rings. The lowest BCUT2D eigenvalue weighted by atomic mass is 10.1. The highest BCUT2D eigenvalue weighted by Crippen LogP contribution is 2.49. The van der Waals surface area contributed by atoms with E-state index in [-0.39, 0.29) is 0 Å². The third kappa shape index (κ3) is 1.01. The maximum Gasteiger partial charge on any atom is 0.159 e. The van der Waals surface area contributed by atoms with E-state index in [9.17, 15) is 0 Å². The Morgan fingerprint density at radius 3 is 2.80 bits per heavy atom. The fraction of sp³-hybridized carbons (Fsp3) is 0.571. The van der Waals surface area contributed by atoms with Gasteiger partial charge in [-0.25, -0.2) is 4.98 Å². The standard InChI is InChI=1S/C7H8BrNS/c1-7(2-3-7)5-4-9-6(8)10-5/h4H,2-3H2,1H3. The minimum absolute atomic E-state index is 0.490. The van der Waals surface area contributed by atoms with E-state index in [0.717, 1.165) is 3.92 Å². The normalized spacial score (nSPS) is 21.0. The number of thiazole rings is 1. The topological polar surface area (TPSA) is 12.9 Å². The van der Waals surface area contributed by atoms with Crippen molar-refractivity contribution in [1.29, 1.82) is 0 Å². The molecule has 1 aromatic heterocycles. The van der Waals surface area contributed by atoms with Gasteiger partial charge in [-0.2, -0.15) is 0 Å². The summed E-state index contributed by atoms with van der Waals surface area (Å²) in [5.74, 6) is 0. The van der Waals surface area contributed by atoms with Crippen LogP contribution in [0.2, 0.25) is 0 Å². The van der Waals surface area contributed by atoms with Gasteiger partial charge in [0.05, 0.1) is 0 Å². The first-order valence-electron chi connectivity index (χ1n) is 3.32. The Kier molecular flexibility index (Phi) is 1.39. The lowest BCUT2D eigenvalue weighted by Gasteiger charge is -1.99. The second-order valence-corrected chi connectivity index (χ2v) is 5.34. The van der Waals surface area contributed by atoms with Crippen LogP contribution in [0.4, 0.5) is 0 Å².